The molecule has 0 atom stereocenters. The second kappa shape index (κ2) is 5.71. The molecule has 0 saturated carbocycles. The van der Waals surface area contributed by atoms with E-state index in [4.69, 9.17) is 0 Å². The summed E-state index contributed by atoms with van der Waals surface area (Å²) in [4.78, 5) is 23.1. The molecule has 0 N–H and O–H groups in total. The van der Waals surface area contributed by atoms with Gasteiger partial charge in [-0.1, -0.05) is 13.8 Å². The predicted molar refractivity (Wildman–Crippen MR) is 44.6 cm³/mol. The summed E-state index contributed by atoms with van der Waals surface area (Å²) in [7, 11) is 0. The van der Waals surface area contributed by atoms with E-state index in [9.17, 15) is 9.59 Å². The van der Waals surface area contributed by atoms with E-state index in [1.165, 1.54) is 6.92 Å². The summed E-state index contributed by atoms with van der Waals surface area (Å²) in [5.74, 6) is -1.03. The van der Waals surface area contributed by atoms with Gasteiger partial charge in [0.2, 0.25) is 0 Å². The Hall–Kier alpha value is -0.900. The molecular formula is C8H15NO3. The standard InChI is InChI=1S/C8H15NO3/c1-4-9(5-2)6-8(11)12-7(3)10/h4-6H2,1-3H3. The van der Waals surface area contributed by atoms with Crippen LogP contribution in [0, 0.1) is 0 Å². The van der Waals surface area contributed by atoms with Crippen molar-refractivity contribution >= 4 is 11.9 Å². The fourth-order valence-electron chi connectivity index (χ4n) is 0.822. The molecule has 0 aromatic heterocycles. The Balaban J connectivity index is 3.74. The van der Waals surface area contributed by atoms with Crippen molar-refractivity contribution in [1.29, 1.82) is 0 Å². The van der Waals surface area contributed by atoms with Crippen LogP contribution in [0.4, 0.5) is 0 Å². The van der Waals surface area contributed by atoms with Crippen LogP contribution in [-0.4, -0.2) is 36.5 Å². The molecular weight excluding hydrogens is 158 g/mol. The SMILES string of the molecule is CCN(CC)CC(=O)OC(C)=O. The summed E-state index contributed by atoms with van der Waals surface area (Å²) in [5, 5.41) is 0. The van der Waals surface area contributed by atoms with Gasteiger partial charge in [-0.05, 0) is 13.1 Å². The Morgan fingerprint density at radius 2 is 1.75 bits per heavy atom. The van der Waals surface area contributed by atoms with Crippen molar-refractivity contribution in [3.8, 4) is 0 Å². The zero-order chi connectivity index (χ0) is 9.56. The average molecular weight is 173 g/mol. The Labute approximate surface area is 72.5 Å². The molecule has 12 heavy (non-hydrogen) atoms. The molecule has 0 aliphatic carbocycles. The van der Waals surface area contributed by atoms with Gasteiger partial charge in [0, 0.05) is 6.92 Å². The van der Waals surface area contributed by atoms with Gasteiger partial charge in [0.25, 0.3) is 0 Å². The molecule has 0 radical (unpaired) electrons. The van der Waals surface area contributed by atoms with E-state index in [1.54, 1.807) is 0 Å². The van der Waals surface area contributed by atoms with E-state index in [0.717, 1.165) is 13.1 Å². The van der Waals surface area contributed by atoms with Crippen LogP contribution in [0.5, 0.6) is 0 Å². The number of nitrogens with zero attached hydrogens (tertiary/aromatic N) is 1. The highest BCUT2D eigenvalue weighted by Gasteiger charge is 2.09. The van der Waals surface area contributed by atoms with Gasteiger partial charge in [-0.2, -0.15) is 0 Å². The Morgan fingerprint density at radius 1 is 1.25 bits per heavy atom. The van der Waals surface area contributed by atoms with Crippen molar-refractivity contribution in [3.63, 3.8) is 0 Å². The van der Waals surface area contributed by atoms with E-state index in [0.29, 0.717) is 0 Å². The molecule has 0 aliphatic rings. The molecule has 0 heterocycles. The van der Waals surface area contributed by atoms with E-state index in [-0.39, 0.29) is 6.54 Å². The summed E-state index contributed by atoms with van der Waals surface area (Å²) in [6.45, 7) is 6.87. The third-order valence-electron chi connectivity index (χ3n) is 1.50. The quantitative estimate of drug-likeness (QED) is 0.456. The Kier molecular flexibility index (Phi) is 5.28. The number of hydrogen-bond donors (Lipinski definition) is 0. The normalized spacial score (nSPS) is 10.0. The molecule has 4 heteroatoms. The number of ether oxygens (including phenoxy) is 1. The molecule has 0 aromatic carbocycles. The lowest BCUT2D eigenvalue weighted by Gasteiger charge is -2.15. The van der Waals surface area contributed by atoms with Gasteiger partial charge < -0.3 is 4.74 Å². The molecule has 0 spiro atoms. The highest BCUT2D eigenvalue weighted by molar-refractivity contribution is 5.85. The summed E-state index contributed by atoms with van der Waals surface area (Å²) in [6.07, 6.45) is 0. The van der Waals surface area contributed by atoms with Crippen LogP contribution in [0.15, 0.2) is 0 Å². The van der Waals surface area contributed by atoms with Crippen LogP contribution in [0.3, 0.4) is 0 Å². The highest BCUT2D eigenvalue weighted by Crippen LogP contribution is 1.89. The minimum atomic E-state index is -0.549. The van der Waals surface area contributed by atoms with Crippen LogP contribution in [0.1, 0.15) is 20.8 Å². The van der Waals surface area contributed by atoms with E-state index >= 15 is 0 Å². The number of carbonyl (C=O) groups excluding carboxylic acids is 2. The largest absolute Gasteiger partial charge is 0.392 e. The lowest BCUT2D eigenvalue weighted by molar-refractivity contribution is -0.158. The summed E-state index contributed by atoms with van der Waals surface area (Å²) >= 11 is 0. The number of hydrogen-bond acceptors (Lipinski definition) is 4. The predicted octanol–water partition coefficient (Wildman–Crippen LogP) is 0.418. The van der Waals surface area contributed by atoms with Crippen molar-refractivity contribution in [2.45, 2.75) is 20.8 Å². The maximum absolute atomic E-state index is 10.9. The van der Waals surface area contributed by atoms with Crippen LogP contribution in [0.25, 0.3) is 0 Å². The molecule has 0 bridgehead atoms. The van der Waals surface area contributed by atoms with Gasteiger partial charge in [-0.3, -0.25) is 14.5 Å². The summed E-state index contributed by atoms with van der Waals surface area (Å²) < 4.78 is 4.36. The van der Waals surface area contributed by atoms with Gasteiger partial charge in [-0.15, -0.1) is 0 Å². The topological polar surface area (TPSA) is 46.6 Å². The maximum Gasteiger partial charge on any atom is 0.327 e. The number of rotatable bonds is 4. The zero-order valence-corrected chi connectivity index (χ0v) is 7.79. The fourth-order valence-corrected chi connectivity index (χ4v) is 0.822. The average Bonchev–Trinajstić information content (AvgIpc) is 1.98. The molecule has 0 aliphatic heterocycles. The third-order valence-corrected chi connectivity index (χ3v) is 1.50. The lowest BCUT2D eigenvalue weighted by Crippen LogP contribution is -2.31. The zero-order valence-electron chi connectivity index (χ0n) is 7.79. The molecule has 70 valence electrons. The number of carbonyl (C=O) groups is 2. The molecule has 4 nitrogen and oxygen atoms in total. The van der Waals surface area contributed by atoms with Crippen LogP contribution in [-0.2, 0) is 14.3 Å². The van der Waals surface area contributed by atoms with E-state index in [2.05, 4.69) is 4.74 Å². The minimum absolute atomic E-state index is 0.187. The van der Waals surface area contributed by atoms with Crippen LogP contribution < -0.4 is 0 Å². The summed E-state index contributed by atoms with van der Waals surface area (Å²) in [5.41, 5.74) is 0. The fraction of sp³-hybridized carbons (Fsp3) is 0.750. The van der Waals surface area contributed by atoms with E-state index in [1.807, 2.05) is 18.7 Å². The molecule has 0 fully saturated rings. The Morgan fingerprint density at radius 3 is 2.08 bits per heavy atom. The number of likely N-dealkylation sites (N-methyl/N-ethyl adjacent to an activating group) is 1. The first kappa shape index (κ1) is 11.1. The first-order valence-electron chi connectivity index (χ1n) is 4.03. The van der Waals surface area contributed by atoms with Crippen LogP contribution >= 0.6 is 0 Å². The molecule has 0 amide bonds. The molecule has 0 unspecified atom stereocenters. The first-order valence-corrected chi connectivity index (χ1v) is 4.03. The van der Waals surface area contributed by atoms with Gasteiger partial charge in [-0.25, -0.2) is 0 Å². The van der Waals surface area contributed by atoms with Gasteiger partial charge in [0.1, 0.15) is 0 Å². The monoisotopic (exact) mass is 173 g/mol. The van der Waals surface area contributed by atoms with Gasteiger partial charge in [0.15, 0.2) is 0 Å². The Bertz CT molecular complexity index is 164. The van der Waals surface area contributed by atoms with Gasteiger partial charge in [0.05, 0.1) is 6.54 Å². The molecule has 0 saturated heterocycles. The molecule has 0 rings (SSSR count). The van der Waals surface area contributed by atoms with E-state index < -0.39 is 11.9 Å². The maximum atomic E-state index is 10.9. The number of esters is 2. The first-order chi connectivity index (χ1) is 5.60. The second-order valence-corrected chi connectivity index (χ2v) is 2.43. The lowest BCUT2D eigenvalue weighted by atomic mass is 10.5. The summed E-state index contributed by atoms with van der Waals surface area (Å²) in [6, 6.07) is 0. The minimum Gasteiger partial charge on any atom is -0.392 e. The second-order valence-electron chi connectivity index (χ2n) is 2.43. The third kappa shape index (κ3) is 4.85. The van der Waals surface area contributed by atoms with Crippen molar-refractivity contribution in [1.82, 2.24) is 4.90 Å². The highest BCUT2D eigenvalue weighted by atomic mass is 16.6. The van der Waals surface area contributed by atoms with Crippen molar-refractivity contribution in [2.75, 3.05) is 19.6 Å². The van der Waals surface area contributed by atoms with Crippen molar-refractivity contribution < 1.29 is 14.3 Å². The van der Waals surface area contributed by atoms with Crippen molar-refractivity contribution in [3.05, 3.63) is 0 Å². The van der Waals surface area contributed by atoms with Crippen LogP contribution in [0.2, 0.25) is 0 Å². The smallest absolute Gasteiger partial charge is 0.327 e. The molecule has 0 aromatic rings. The van der Waals surface area contributed by atoms with Crippen molar-refractivity contribution in [2.24, 2.45) is 0 Å². The van der Waals surface area contributed by atoms with Gasteiger partial charge >= 0.3 is 11.9 Å².